The molecular weight excluding hydrogens is 549 g/mol. The lowest BCUT2D eigenvalue weighted by atomic mass is 9.98. The summed E-state index contributed by atoms with van der Waals surface area (Å²) in [6.45, 7) is 1.94. The number of allylic oxidation sites excluding steroid dienone is 8. The number of aliphatic hydroxyl groups is 1. The fraction of sp³-hybridized carbons (Fsp3) is 0.135. The molecule has 3 heterocycles. The minimum absolute atomic E-state index is 0.0992. The Balaban J connectivity index is 1.31. The summed E-state index contributed by atoms with van der Waals surface area (Å²) in [7, 11) is 0. The molecule has 0 saturated heterocycles. The largest absolute Gasteiger partial charge is 0.516 e. The van der Waals surface area contributed by atoms with E-state index < -0.39 is 0 Å². The molecule has 6 heteroatoms. The normalized spacial score (nSPS) is 16.3. The van der Waals surface area contributed by atoms with Crippen molar-refractivity contribution in [1.29, 1.82) is 0 Å². The quantitative estimate of drug-likeness (QED) is 0.160. The van der Waals surface area contributed by atoms with E-state index in [-0.39, 0.29) is 5.92 Å². The zero-order valence-corrected chi connectivity index (χ0v) is 24.6. The van der Waals surface area contributed by atoms with Gasteiger partial charge in [-0.1, -0.05) is 97.1 Å². The molecular formula is C37H30N4OS. The molecule has 2 aliphatic rings. The number of hydrogen-bond acceptors (Lipinski definition) is 6. The van der Waals surface area contributed by atoms with Crippen molar-refractivity contribution < 1.29 is 5.11 Å². The standard InChI is InChI=1S/C37H30N4OS/c1-2-24(21-22-42)30-23-31(39-35(38-30)27-13-7-4-8-14-27)25-17-19-28(20-18-25)36-40-34(26-11-5-3-6-12-26)33-29-15-9-10-16-32(29)43-37(33)41-36/h2-9,11-13,15,17-23,27,42H,10,14,16H2,1H3/b22-21-,24-2+. The van der Waals surface area contributed by atoms with E-state index in [1.54, 1.807) is 17.4 Å². The summed E-state index contributed by atoms with van der Waals surface area (Å²) in [4.78, 5) is 22.5. The number of aromatic nitrogens is 4. The number of hydrogen-bond donors (Lipinski definition) is 1. The Hall–Kier alpha value is -4.94. The second-order valence-electron chi connectivity index (χ2n) is 10.6. The molecule has 210 valence electrons. The average Bonchev–Trinajstić information content (AvgIpc) is 3.46. The van der Waals surface area contributed by atoms with Crippen LogP contribution in [0, 0.1) is 0 Å². The van der Waals surface area contributed by atoms with Crippen LogP contribution in [-0.4, -0.2) is 25.0 Å². The van der Waals surface area contributed by atoms with E-state index in [0.717, 1.165) is 80.9 Å². The van der Waals surface area contributed by atoms with Crippen molar-refractivity contribution in [1.82, 2.24) is 19.9 Å². The number of thiophene rings is 1. The Labute approximate surface area is 255 Å². The lowest BCUT2D eigenvalue weighted by Crippen LogP contribution is -2.06. The van der Waals surface area contributed by atoms with Crippen LogP contribution in [0.25, 0.3) is 55.8 Å². The smallest absolute Gasteiger partial charge is 0.161 e. The molecule has 5 nitrogen and oxygen atoms in total. The zero-order valence-electron chi connectivity index (χ0n) is 23.8. The molecule has 2 aromatic carbocycles. The molecule has 0 saturated carbocycles. The number of aliphatic hydroxyl groups excluding tert-OH is 1. The molecule has 0 bridgehead atoms. The van der Waals surface area contributed by atoms with Crippen molar-refractivity contribution in [3.8, 4) is 33.9 Å². The molecule has 1 N–H and O–H groups in total. The topological polar surface area (TPSA) is 71.8 Å². The monoisotopic (exact) mass is 578 g/mol. The van der Waals surface area contributed by atoms with E-state index in [2.05, 4.69) is 78.9 Å². The van der Waals surface area contributed by atoms with E-state index in [0.29, 0.717) is 5.82 Å². The van der Waals surface area contributed by atoms with Gasteiger partial charge in [0.1, 0.15) is 10.7 Å². The zero-order chi connectivity index (χ0) is 29.2. The Bertz CT molecular complexity index is 1960. The van der Waals surface area contributed by atoms with Crippen LogP contribution in [-0.2, 0) is 6.42 Å². The maximum atomic E-state index is 9.48. The fourth-order valence-corrected chi connectivity index (χ4v) is 6.85. The molecule has 3 aromatic heterocycles. The maximum absolute atomic E-state index is 9.48. The van der Waals surface area contributed by atoms with Crippen molar-refractivity contribution in [2.75, 3.05) is 0 Å². The van der Waals surface area contributed by atoms with Gasteiger partial charge in [0.15, 0.2) is 5.82 Å². The van der Waals surface area contributed by atoms with Crippen LogP contribution in [0.3, 0.4) is 0 Å². The molecule has 0 radical (unpaired) electrons. The molecule has 1 atom stereocenters. The SMILES string of the molecule is C/C=C(\C=C/O)c1cc(-c2ccc(-c3nc(-c4ccccc4)c4c5c(sc4n3)CCC=C5)cc2)nc(C2C=CC=CC2)n1. The van der Waals surface area contributed by atoms with Crippen LogP contribution in [0.2, 0.25) is 0 Å². The summed E-state index contributed by atoms with van der Waals surface area (Å²) < 4.78 is 0. The second-order valence-corrected chi connectivity index (χ2v) is 11.7. The van der Waals surface area contributed by atoms with E-state index in [1.807, 2.05) is 31.2 Å². The van der Waals surface area contributed by atoms with Crippen LogP contribution in [0.1, 0.15) is 47.6 Å². The summed E-state index contributed by atoms with van der Waals surface area (Å²) >= 11 is 1.78. The van der Waals surface area contributed by atoms with Gasteiger partial charge in [0, 0.05) is 32.9 Å². The van der Waals surface area contributed by atoms with Crippen molar-refractivity contribution >= 4 is 33.2 Å². The first kappa shape index (κ1) is 26.9. The molecule has 43 heavy (non-hydrogen) atoms. The minimum Gasteiger partial charge on any atom is -0.516 e. The summed E-state index contributed by atoms with van der Waals surface area (Å²) in [5.74, 6) is 1.58. The van der Waals surface area contributed by atoms with Crippen molar-refractivity contribution in [3.63, 3.8) is 0 Å². The Morgan fingerprint density at radius 3 is 2.51 bits per heavy atom. The third-order valence-corrected chi connectivity index (χ3v) is 9.05. The first-order valence-corrected chi connectivity index (χ1v) is 15.4. The third kappa shape index (κ3) is 5.26. The average molecular weight is 579 g/mol. The second kappa shape index (κ2) is 11.7. The highest BCUT2D eigenvalue weighted by molar-refractivity contribution is 7.19. The molecule has 0 spiro atoms. The summed E-state index contributed by atoms with van der Waals surface area (Å²) in [5.41, 5.74) is 7.72. The van der Waals surface area contributed by atoms with Gasteiger partial charge in [0.2, 0.25) is 0 Å². The van der Waals surface area contributed by atoms with E-state index >= 15 is 0 Å². The van der Waals surface area contributed by atoms with Gasteiger partial charge < -0.3 is 5.11 Å². The van der Waals surface area contributed by atoms with Gasteiger partial charge >= 0.3 is 0 Å². The van der Waals surface area contributed by atoms with E-state index in [9.17, 15) is 5.11 Å². The number of fused-ring (bicyclic) bond motifs is 3. The lowest BCUT2D eigenvalue weighted by molar-refractivity contribution is 0.474. The first-order valence-electron chi connectivity index (χ1n) is 14.6. The maximum Gasteiger partial charge on any atom is 0.161 e. The van der Waals surface area contributed by atoms with Gasteiger partial charge in [-0.15, -0.1) is 11.3 Å². The summed E-state index contributed by atoms with van der Waals surface area (Å²) in [6.07, 6.45) is 20.5. The predicted octanol–water partition coefficient (Wildman–Crippen LogP) is 9.52. The van der Waals surface area contributed by atoms with E-state index in [1.165, 1.54) is 10.4 Å². The van der Waals surface area contributed by atoms with Crippen LogP contribution in [0.5, 0.6) is 0 Å². The number of rotatable bonds is 6. The first-order chi connectivity index (χ1) is 21.2. The Morgan fingerprint density at radius 1 is 0.907 bits per heavy atom. The molecule has 7 rings (SSSR count). The molecule has 0 fully saturated rings. The Kier molecular flexibility index (Phi) is 7.35. The number of aryl methyl sites for hydroxylation is 1. The molecule has 1 unspecified atom stereocenters. The van der Waals surface area contributed by atoms with Gasteiger partial charge in [-0.25, -0.2) is 19.9 Å². The van der Waals surface area contributed by atoms with Crippen LogP contribution in [0.15, 0.2) is 109 Å². The highest BCUT2D eigenvalue weighted by atomic mass is 32.1. The number of nitrogens with zero attached hydrogens (tertiary/aromatic N) is 4. The molecule has 2 aliphatic carbocycles. The van der Waals surface area contributed by atoms with Crippen molar-refractivity contribution in [2.45, 2.75) is 32.1 Å². The van der Waals surface area contributed by atoms with Crippen LogP contribution < -0.4 is 0 Å². The van der Waals surface area contributed by atoms with Crippen molar-refractivity contribution in [3.05, 3.63) is 131 Å². The van der Waals surface area contributed by atoms with Gasteiger partial charge in [-0.3, -0.25) is 0 Å². The van der Waals surface area contributed by atoms with Gasteiger partial charge in [0.25, 0.3) is 0 Å². The summed E-state index contributed by atoms with van der Waals surface area (Å²) in [5, 5.41) is 10.6. The fourth-order valence-electron chi connectivity index (χ4n) is 5.68. The highest BCUT2D eigenvalue weighted by Gasteiger charge is 2.21. The highest BCUT2D eigenvalue weighted by Crippen LogP contribution is 2.40. The number of benzene rings is 2. The van der Waals surface area contributed by atoms with Crippen LogP contribution >= 0.6 is 11.3 Å². The molecule has 5 aromatic rings. The lowest BCUT2D eigenvalue weighted by Gasteiger charge is -2.15. The third-order valence-electron chi connectivity index (χ3n) is 7.89. The van der Waals surface area contributed by atoms with Gasteiger partial charge in [0.05, 0.1) is 23.3 Å². The Morgan fingerprint density at radius 2 is 1.74 bits per heavy atom. The van der Waals surface area contributed by atoms with Gasteiger partial charge in [-0.2, -0.15) is 0 Å². The van der Waals surface area contributed by atoms with E-state index in [4.69, 9.17) is 19.9 Å². The summed E-state index contributed by atoms with van der Waals surface area (Å²) in [6, 6.07) is 20.7. The van der Waals surface area contributed by atoms with Crippen molar-refractivity contribution in [2.24, 2.45) is 0 Å². The predicted molar refractivity (Wildman–Crippen MR) is 178 cm³/mol. The van der Waals surface area contributed by atoms with Crippen LogP contribution in [0.4, 0.5) is 0 Å². The van der Waals surface area contributed by atoms with Gasteiger partial charge in [-0.05, 0) is 49.5 Å². The molecule has 0 aliphatic heterocycles. The molecule has 0 amide bonds. The minimum atomic E-state index is 0.0992.